The van der Waals surface area contributed by atoms with Gasteiger partial charge in [0, 0.05) is 11.5 Å². The molecule has 2 rings (SSSR count). The Morgan fingerprint density at radius 1 is 1.00 bits per heavy atom. The maximum absolute atomic E-state index is 5.34. The molecular formula is C14H18N2O. The van der Waals surface area contributed by atoms with Crippen molar-refractivity contribution in [2.45, 2.75) is 39.5 Å². The lowest BCUT2D eigenvalue weighted by atomic mass is 9.97. The van der Waals surface area contributed by atoms with Gasteiger partial charge in [0.25, 0.3) is 5.89 Å². The Kier molecular flexibility index (Phi) is 3.27. The molecule has 0 unspecified atom stereocenters. The molecule has 1 aromatic carbocycles. The second-order valence-electron chi connectivity index (χ2n) is 4.85. The predicted molar refractivity (Wildman–Crippen MR) is 67.9 cm³/mol. The molecule has 0 N–H and O–H groups in total. The van der Waals surface area contributed by atoms with E-state index < -0.39 is 0 Å². The molecule has 0 saturated carbocycles. The Balaban J connectivity index is 2.45. The highest BCUT2D eigenvalue weighted by molar-refractivity contribution is 5.59. The van der Waals surface area contributed by atoms with E-state index in [0.29, 0.717) is 17.7 Å². The van der Waals surface area contributed by atoms with Crippen LogP contribution in [0.1, 0.15) is 50.9 Å². The van der Waals surface area contributed by atoms with E-state index in [1.165, 1.54) is 5.56 Å². The Bertz CT molecular complexity index is 500. The van der Waals surface area contributed by atoms with E-state index in [1.54, 1.807) is 0 Å². The fraction of sp³-hybridized carbons (Fsp3) is 0.429. The molecule has 0 aliphatic carbocycles. The van der Waals surface area contributed by atoms with Gasteiger partial charge < -0.3 is 4.52 Å². The Morgan fingerprint density at radius 3 is 2.29 bits per heavy atom. The molecule has 3 heteroatoms. The molecule has 1 aromatic heterocycles. The summed E-state index contributed by atoms with van der Waals surface area (Å²) in [5, 5.41) is 4.01. The van der Waals surface area contributed by atoms with Gasteiger partial charge >= 0.3 is 0 Å². The molecule has 90 valence electrons. The summed E-state index contributed by atoms with van der Waals surface area (Å²) in [5.41, 5.74) is 2.29. The summed E-state index contributed by atoms with van der Waals surface area (Å²) in [5.74, 6) is 2.12. The van der Waals surface area contributed by atoms with Gasteiger partial charge in [-0.15, -0.1) is 0 Å². The van der Waals surface area contributed by atoms with Crippen molar-refractivity contribution >= 4 is 0 Å². The lowest BCUT2D eigenvalue weighted by Gasteiger charge is -2.08. The zero-order valence-electron chi connectivity index (χ0n) is 10.8. The largest absolute Gasteiger partial charge is 0.334 e. The van der Waals surface area contributed by atoms with Crippen LogP contribution >= 0.6 is 0 Å². The van der Waals surface area contributed by atoms with Gasteiger partial charge in [-0.1, -0.05) is 51.1 Å². The van der Waals surface area contributed by atoms with E-state index in [1.807, 2.05) is 18.2 Å². The van der Waals surface area contributed by atoms with Crippen LogP contribution in [0.25, 0.3) is 11.5 Å². The zero-order chi connectivity index (χ0) is 12.4. The third-order valence-corrected chi connectivity index (χ3v) is 2.77. The minimum atomic E-state index is 0.290. The number of benzene rings is 1. The topological polar surface area (TPSA) is 38.9 Å². The molecule has 0 spiro atoms. The van der Waals surface area contributed by atoms with Gasteiger partial charge in [0.15, 0.2) is 5.82 Å². The van der Waals surface area contributed by atoms with E-state index in [4.69, 9.17) is 4.52 Å². The first-order valence-corrected chi connectivity index (χ1v) is 6.02. The quantitative estimate of drug-likeness (QED) is 0.800. The van der Waals surface area contributed by atoms with Crippen LogP contribution in [0.2, 0.25) is 0 Å². The number of hydrogen-bond acceptors (Lipinski definition) is 3. The fourth-order valence-corrected chi connectivity index (χ4v) is 1.77. The Morgan fingerprint density at radius 2 is 1.71 bits per heavy atom. The average molecular weight is 230 g/mol. The fourth-order valence-electron chi connectivity index (χ4n) is 1.77. The summed E-state index contributed by atoms with van der Waals surface area (Å²) >= 11 is 0. The highest BCUT2D eigenvalue weighted by Gasteiger charge is 2.15. The monoisotopic (exact) mass is 230 g/mol. The Labute approximate surface area is 102 Å². The second kappa shape index (κ2) is 4.70. The smallest absolute Gasteiger partial charge is 0.258 e. The molecule has 0 aliphatic rings. The van der Waals surface area contributed by atoms with Gasteiger partial charge in [0.2, 0.25) is 0 Å². The van der Waals surface area contributed by atoms with Crippen LogP contribution in [0.4, 0.5) is 0 Å². The van der Waals surface area contributed by atoms with Crippen molar-refractivity contribution in [1.82, 2.24) is 10.1 Å². The first kappa shape index (κ1) is 11.8. The van der Waals surface area contributed by atoms with Gasteiger partial charge in [-0.2, -0.15) is 4.98 Å². The lowest BCUT2D eigenvalue weighted by molar-refractivity contribution is 0.419. The van der Waals surface area contributed by atoms with Crippen LogP contribution in [0.5, 0.6) is 0 Å². The van der Waals surface area contributed by atoms with Crippen molar-refractivity contribution in [3.05, 3.63) is 35.7 Å². The molecule has 0 aliphatic heterocycles. The molecule has 1 heterocycles. The van der Waals surface area contributed by atoms with Crippen molar-refractivity contribution in [2.75, 3.05) is 0 Å². The van der Waals surface area contributed by atoms with E-state index in [0.717, 1.165) is 11.4 Å². The minimum absolute atomic E-state index is 0.290. The van der Waals surface area contributed by atoms with Crippen LogP contribution in [-0.2, 0) is 0 Å². The van der Waals surface area contributed by atoms with Crippen molar-refractivity contribution < 1.29 is 4.52 Å². The molecule has 0 fully saturated rings. The highest BCUT2D eigenvalue weighted by atomic mass is 16.5. The summed E-state index contributed by atoms with van der Waals surface area (Å²) in [6.07, 6.45) is 0. The summed E-state index contributed by atoms with van der Waals surface area (Å²) in [6, 6.07) is 8.19. The summed E-state index contributed by atoms with van der Waals surface area (Å²) in [7, 11) is 0. The van der Waals surface area contributed by atoms with E-state index in [2.05, 4.69) is 43.9 Å². The van der Waals surface area contributed by atoms with Crippen molar-refractivity contribution in [1.29, 1.82) is 0 Å². The van der Waals surface area contributed by atoms with Crippen LogP contribution < -0.4 is 0 Å². The van der Waals surface area contributed by atoms with Gasteiger partial charge in [-0.3, -0.25) is 0 Å². The van der Waals surface area contributed by atoms with Crippen LogP contribution in [0.3, 0.4) is 0 Å². The van der Waals surface area contributed by atoms with Gasteiger partial charge in [-0.05, 0) is 17.5 Å². The molecule has 2 aromatic rings. The van der Waals surface area contributed by atoms with Crippen LogP contribution in [-0.4, -0.2) is 10.1 Å². The van der Waals surface area contributed by atoms with Crippen molar-refractivity contribution in [2.24, 2.45) is 0 Å². The average Bonchev–Trinajstić information content (AvgIpc) is 2.78. The van der Waals surface area contributed by atoms with Crippen molar-refractivity contribution in [3.8, 4) is 11.5 Å². The highest BCUT2D eigenvalue weighted by Crippen LogP contribution is 2.28. The minimum Gasteiger partial charge on any atom is -0.334 e. The standard InChI is InChI=1S/C14H18N2O/c1-9(2)11-7-5-6-8-12(11)14-15-13(10(3)4)16-17-14/h5-10H,1-4H3. The maximum Gasteiger partial charge on any atom is 0.258 e. The van der Waals surface area contributed by atoms with Gasteiger partial charge in [0.1, 0.15) is 0 Å². The number of aromatic nitrogens is 2. The molecule has 0 saturated heterocycles. The maximum atomic E-state index is 5.34. The third-order valence-electron chi connectivity index (χ3n) is 2.77. The molecular weight excluding hydrogens is 212 g/mol. The molecule has 0 bridgehead atoms. The summed E-state index contributed by atoms with van der Waals surface area (Å²) < 4.78 is 5.34. The third kappa shape index (κ3) is 2.38. The number of nitrogens with zero attached hydrogens (tertiary/aromatic N) is 2. The zero-order valence-corrected chi connectivity index (χ0v) is 10.8. The molecule has 17 heavy (non-hydrogen) atoms. The summed E-state index contributed by atoms with van der Waals surface area (Å²) in [4.78, 5) is 4.45. The predicted octanol–water partition coefficient (Wildman–Crippen LogP) is 3.98. The van der Waals surface area contributed by atoms with E-state index in [9.17, 15) is 0 Å². The number of rotatable bonds is 3. The molecule has 0 amide bonds. The van der Waals surface area contributed by atoms with E-state index in [-0.39, 0.29) is 0 Å². The number of hydrogen-bond donors (Lipinski definition) is 0. The van der Waals surface area contributed by atoms with Crippen molar-refractivity contribution in [3.63, 3.8) is 0 Å². The van der Waals surface area contributed by atoms with E-state index >= 15 is 0 Å². The van der Waals surface area contributed by atoms with Gasteiger partial charge in [0.05, 0.1) is 0 Å². The van der Waals surface area contributed by atoms with Crippen LogP contribution in [0, 0.1) is 0 Å². The first-order chi connectivity index (χ1) is 8.09. The first-order valence-electron chi connectivity index (χ1n) is 6.02. The SMILES string of the molecule is CC(C)c1noc(-c2ccccc2C(C)C)n1. The summed E-state index contributed by atoms with van der Waals surface area (Å²) in [6.45, 7) is 8.45. The normalized spacial score (nSPS) is 11.4. The second-order valence-corrected chi connectivity index (χ2v) is 4.85. The molecule has 0 radical (unpaired) electrons. The van der Waals surface area contributed by atoms with Crippen LogP contribution in [0.15, 0.2) is 28.8 Å². The Hall–Kier alpha value is -1.64. The molecule has 3 nitrogen and oxygen atoms in total. The molecule has 0 atom stereocenters. The lowest BCUT2D eigenvalue weighted by Crippen LogP contribution is -1.93. The van der Waals surface area contributed by atoms with Gasteiger partial charge in [-0.25, -0.2) is 0 Å².